The van der Waals surface area contributed by atoms with E-state index in [-0.39, 0.29) is 11.6 Å². The molecule has 3 nitrogen and oxygen atoms in total. The molecule has 2 rings (SSSR count). The highest BCUT2D eigenvalue weighted by Crippen LogP contribution is 2.42. The molecule has 0 amide bonds. The second kappa shape index (κ2) is 2.69. The SMILES string of the molecule is CC1(C)CC(O)(C(N)C2CC2)CO1. The zero-order chi connectivity index (χ0) is 9.69. The summed E-state index contributed by atoms with van der Waals surface area (Å²) < 4.78 is 5.52. The van der Waals surface area contributed by atoms with Crippen molar-refractivity contribution >= 4 is 0 Å². The zero-order valence-corrected chi connectivity index (χ0v) is 8.42. The standard InChI is InChI=1S/C10H19NO2/c1-9(2)5-10(12,6-13-9)8(11)7-3-4-7/h7-8,12H,3-6,11H2,1-2H3. The largest absolute Gasteiger partial charge is 0.386 e. The van der Waals surface area contributed by atoms with Gasteiger partial charge in [0.1, 0.15) is 5.60 Å². The van der Waals surface area contributed by atoms with E-state index in [9.17, 15) is 5.11 Å². The molecule has 0 aromatic carbocycles. The summed E-state index contributed by atoms with van der Waals surface area (Å²) in [4.78, 5) is 0. The second-order valence-electron chi connectivity index (χ2n) is 5.19. The van der Waals surface area contributed by atoms with E-state index < -0.39 is 5.60 Å². The molecule has 2 unspecified atom stereocenters. The van der Waals surface area contributed by atoms with Crippen molar-refractivity contribution in [2.75, 3.05) is 6.61 Å². The molecule has 3 heteroatoms. The van der Waals surface area contributed by atoms with Gasteiger partial charge in [0, 0.05) is 12.5 Å². The van der Waals surface area contributed by atoms with Crippen LogP contribution < -0.4 is 5.73 Å². The molecular weight excluding hydrogens is 166 g/mol. The maximum atomic E-state index is 10.3. The van der Waals surface area contributed by atoms with Gasteiger partial charge in [-0.2, -0.15) is 0 Å². The van der Waals surface area contributed by atoms with Gasteiger partial charge in [-0.1, -0.05) is 0 Å². The number of hydrogen-bond donors (Lipinski definition) is 2. The minimum Gasteiger partial charge on any atom is -0.386 e. The van der Waals surface area contributed by atoms with Gasteiger partial charge in [0.15, 0.2) is 0 Å². The molecule has 1 saturated carbocycles. The second-order valence-corrected chi connectivity index (χ2v) is 5.19. The quantitative estimate of drug-likeness (QED) is 0.664. The van der Waals surface area contributed by atoms with Crippen molar-refractivity contribution in [1.82, 2.24) is 0 Å². The zero-order valence-electron chi connectivity index (χ0n) is 8.42. The summed E-state index contributed by atoms with van der Waals surface area (Å²) in [5.41, 5.74) is 5.03. The highest BCUT2D eigenvalue weighted by atomic mass is 16.5. The van der Waals surface area contributed by atoms with E-state index in [0.717, 1.165) is 0 Å². The van der Waals surface area contributed by atoms with Crippen molar-refractivity contribution in [3.05, 3.63) is 0 Å². The van der Waals surface area contributed by atoms with Crippen LogP contribution in [-0.4, -0.2) is 29.0 Å². The first-order valence-electron chi connectivity index (χ1n) is 5.05. The number of rotatable bonds is 2. The molecule has 0 bridgehead atoms. The van der Waals surface area contributed by atoms with Crippen LogP contribution >= 0.6 is 0 Å². The molecule has 76 valence electrons. The fraction of sp³-hybridized carbons (Fsp3) is 1.00. The summed E-state index contributed by atoms with van der Waals surface area (Å²) >= 11 is 0. The lowest BCUT2D eigenvalue weighted by Gasteiger charge is -2.29. The van der Waals surface area contributed by atoms with Crippen LogP contribution in [-0.2, 0) is 4.74 Å². The molecule has 1 aliphatic carbocycles. The lowest BCUT2D eigenvalue weighted by Crippen LogP contribution is -2.50. The topological polar surface area (TPSA) is 55.5 Å². The third kappa shape index (κ3) is 1.73. The predicted octanol–water partition coefficient (Wildman–Crippen LogP) is 0.654. The molecule has 13 heavy (non-hydrogen) atoms. The van der Waals surface area contributed by atoms with Crippen LogP contribution in [0.1, 0.15) is 33.1 Å². The van der Waals surface area contributed by atoms with Gasteiger partial charge in [-0.3, -0.25) is 0 Å². The van der Waals surface area contributed by atoms with Gasteiger partial charge in [0.05, 0.1) is 12.2 Å². The van der Waals surface area contributed by atoms with E-state index in [2.05, 4.69) is 0 Å². The Hall–Kier alpha value is -0.120. The Labute approximate surface area is 79.3 Å². The van der Waals surface area contributed by atoms with Crippen molar-refractivity contribution in [2.45, 2.75) is 50.4 Å². The summed E-state index contributed by atoms with van der Waals surface area (Å²) in [6, 6.07) is -0.0886. The smallest absolute Gasteiger partial charge is 0.106 e. The molecule has 1 saturated heterocycles. The van der Waals surface area contributed by atoms with Crippen LogP contribution in [0.3, 0.4) is 0 Å². The molecule has 0 aromatic heterocycles. The minimum absolute atomic E-state index is 0.0886. The molecule has 1 aliphatic heterocycles. The molecule has 2 atom stereocenters. The normalized spacial score (nSPS) is 40.6. The van der Waals surface area contributed by atoms with E-state index in [0.29, 0.717) is 18.9 Å². The molecule has 1 heterocycles. The maximum Gasteiger partial charge on any atom is 0.106 e. The van der Waals surface area contributed by atoms with Gasteiger partial charge < -0.3 is 15.6 Å². The average Bonchev–Trinajstić information content (AvgIpc) is 2.78. The van der Waals surface area contributed by atoms with Crippen molar-refractivity contribution in [2.24, 2.45) is 11.7 Å². The first-order valence-corrected chi connectivity index (χ1v) is 5.05. The fourth-order valence-electron chi connectivity index (χ4n) is 2.27. The Morgan fingerprint density at radius 2 is 2.08 bits per heavy atom. The lowest BCUT2D eigenvalue weighted by atomic mass is 9.85. The fourth-order valence-corrected chi connectivity index (χ4v) is 2.27. The van der Waals surface area contributed by atoms with Gasteiger partial charge in [-0.05, 0) is 32.6 Å². The van der Waals surface area contributed by atoms with Crippen LogP contribution in [0.25, 0.3) is 0 Å². The summed E-state index contributed by atoms with van der Waals surface area (Å²) in [5, 5.41) is 10.3. The number of ether oxygens (including phenoxy) is 1. The predicted molar refractivity (Wildman–Crippen MR) is 50.3 cm³/mol. The van der Waals surface area contributed by atoms with Crippen LogP contribution in [0.15, 0.2) is 0 Å². The summed E-state index contributed by atoms with van der Waals surface area (Å²) in [6.07, 6.45) is 3.01. The summed E-state index contributed by atoms with van der Waals surface area (Å²) in [6.45, 7) is 4.41. The third-order valence-electron chi connectivity index (χ3n) is 3.20. The molecule has 2 aliphatic rings. The van der Waals surface area contributed by atoms with E-state index in [1.165, 1.54) is 12.8 Å². The first kappa shape index (κ1) is 9.44. The molecule has 2 fully saturated rings. The minimum atomic E-state index is -0.773. The average molecular weight is 185 g/mol. The molecule has 3 N–H and O–H groups in total. The van der Waals surface area contributed by atoms with E-state index in [4.69, 9.17) is 10.5 Å². The lowest BCUT2D eigenvalue weighted by molar-refractivity contribution is -0.0116. The van der Waals surface area contributed by atoms with Gasteiger partial charge in [0.25, 0.3) is 0 Å². The van der Waals surface area contributed by atoms with E-state index in [1.807, 2.05) is 13.8 Å². The van der Waals surface area contributed by atoms with Crippen molar-refractivity contribution < 1.29 is 9.84 Å². The van der Waals surface area contributed by atoms with Crippen LogP contribution in [0, 0.1) is 5.92 Å². The molecule has 0 spiro atoms. The Bertz CT molecular complexity index is 213. The molecule has 0 aromatic rings. The number of nitrogens with two attached hydrogens (primary N) is 1. The van der Waals surface area contributed by atoms with Crippen molar-refractivity contribution in [3.8, 4) is 0 Å². The highest BCUT2D eigenvalue weighted by Gasteiger charge is 2.51. The first-order chi connectivity index (χ1) is 5.93. The highest BCUT2D eigenvalue weighted by molar-refractivity contribution is 5.04. The molecule has 0 radical (unpaired) electrons. The number of hydrogen-bond acceptors (Lipinski definition) is 3. The third-order valence-corrected chi connectivity index (χ3v) is 3.20. The van der Waals surface area contributed by atoms with E-state index >= 15 is 0 Å². The van der Waals surface area contributed by atoms with Gasteiger partial charge in [-0.25, -0.2) is 0 Å². The van der Waals surface area contributed by atoms with Crippen LogP contribution in [0.2, 0.25) is 0 Å². The summed E-state index contributed by atoms with van der Waals surface area (Å²) in [7, 11) is 0. The summed E-state index contributed by atoms with van der Waals surface area (Å²) in [5.74, 6) is 0.530. The van der Waals surface area contributed by atoms with Gasteiger partial charge >= 0.3 is 0 Å². The maximum absolute atomic E-state index is 10.3. The Balaban J connectivity index is 2.04. The molecular formula is C10H19NO2. The van der Waals surface area contributed by atoms with E-state index in [1.54, 1.807) is 0 Å². The van der Waals surface area contributed by atoms with Crippen LogP contribution in [0.5, 0.6) is 0 Å². The monoisotopic (exact) mass is 185 g/mol. The Morgan fingerprint density at radius 1 is 1.46 bits per heavy atom. The van der Waals surface area contributed by atoms with Crippen molar-refractivity contribution in [1.29, 1.82) is 0 Å². The van der Waals surface area contributed by atoms with Crippen LogP contribution in [0.4, 0.5) is 0 Å². The van der Waals surface area contributed by atoms with Crippen molar-refractivity contribution in [3.63, 3.8) is 0 Å². The van der Waals surface area contributed by atoms with Gasteiger partial charge in [-0.15, -0.1) is 0 Å². The Morgan fingerprint density at radius 3 is 2.46 bits per heavy atom. The van der Waals surface area contributed by atoms with Gasteiger partial charge in [0.2, 0.25) is 0 Å². The Kier molecular flexibility index (Phi) is 1.95. The number of aliphatic hydroxyl groups is 1.